The molecule has 4 aromatic rings. The Balaban J connectivity index is 1.86. The Labute approximate surface area is 152 Å². The van der Waals surface area contributed by atoms with Crippen LogP contribution in [0.3, 0.4) is 0 Å². The lowest BCUT2D eigenvalue weighted by atomic mass is 10.1. The van der Waals surface area contributed by atoms with Crippen LogP contribution in [0, 0.1) is 0 Å². The molecule has 0 unspecified atom stereocenters. The first kappa shape index (κ1) is 16.1. The second-order valence-corrected chi connectivity index (χ2v) is 6.36. The topological polar surface area (TPSA) is 46.0 Å². The van der Waals surface area contributed by atoms with Gasteiger partial charge in [-0.3, -0.25) is 9.55 Å². The van der Waals surface area contributed by atoms with Crippen molar-refractivity contribution >= 4 is 22.7 Å². The fraction of sp³-hybridized carbons (Fsp3) is 0.143. The maximum Gasteiger partial charge on any atom is 0.208 e. The lowest BCUT2D eigenvalue weighted by Gasteiger charge is -2.12. The average Bonchev–Trinajstić information content (AvgIpc) is 3.06. The number of hydrogen-bond donors (Lipinski definition) is 1. The van der Waals surface area contributed by atoms with Gasteiger partial charge in [0.25, 0.3) is 0 Å². The van der Waals surface area contributed by atoms with Gasteiger partial charge in [0.15, 0.2) is 0 Å². The van der Waals surface area contributed by atoms with E-state index >= 15 is 0 Å². The van der Waals surface area contributed by atoms with Crippen molar-refractivity contribution in [2.24, 2.45) is 0 Å². The quantitative estimate of drug-likeness (QED) is 0.603. The number of nitrogens with one attached hydrogen (secondary N) is 1. The molecule has 0 bridgehead atoms. The van der Waals surface area contributed by atoms with Crippen LogP contribution in [0.4, 0.5) is 11.6 Å². The number of anilines is 2. The Hall–Kier alpha value is -3.34. The minimum Gasteiger partial charge on any atom is -0.378 e. The van der Waals surface area contributed by atoms with Gasteiger partial charge in [-0.2, -0.15) is 0 Å². The monoisotopic (exact) mass is 343 g/mol. The van der Waals surface area contributed by atoms with Crippen LogP contribution in [0.15, 0.2) is 66.9 Å². The van der Waals surface area contributed by atoms with Crippen LogP contribution in [0.1, 0.15) is 0 Å². The van der Waals surface area contributed by atoms with E-state index in [9.17, 15) is 0 Å². The molecule has 0 aliphatic rings. The molecule has 0 aliphatic heterocycles. The fourth-order valence-corrected chi connectivity index (χ4v) is 3.08. The lowest BCUT2D eigenvalue weighted by molar-refractivity contribution is 1.09. The standard InChI is InChI=1S/C21H21N5/c1-22-21-24-19-14-23-18(15-9-11-16(12-10-15)25(2)3)13-20(19)26(21)17-7-5-4-6-8-17/h4-14H,1-3H3,(H,22,24). The smallest absolute Gasteiger partial charge is 0.208 e. The Morgan fingerprint density at radius 1 is 0.962 bits per heavy atom. The molecule has 5 heteroatoms. The normalized spacial score (nSPS) is 10.9. The first-order valence-electron chi connectivity index (χ1n) is 8.57. The van der Waals surface area contributed by atoms with Crippen LogP contribution in [-0.2, 0) is 0 Å². The highest BCUT2D eigenvalue weighted by molar-refractivity contribution is 5.84. The molecular weight excluding hydrogens is 322 g/mol. The molecule has 2 heterocycles. The summed E-state index contributed by atoms with van der Waals surface area (Å²) in [5.74, 6) is 0.799. The van der Waals surface area contributed by atoms with Crippen LogP contribution < -0.4 is 10.2 Å². The van der Waals surface area contributed by atoms with Gasteiger partial charge in [0.05, 0.1) is 17.4 Å². The number of hydrogen-bond acceptors (Lipinski definition) is 4. The first-order chi connectivity index (χ1) is 12.7. The Kier molecular flexibility index (Phi) is 4.05. The SMILES string of the molecule is CNc1nc2cnc(-c3ccc(N(C)C)cc3)cc2n1-c1ccccc1. The third-order valence-electron chi connectivity index (χ3n) is 4.46. The van der Waals surface area contributed by atoms with Crippen molar-refractivity contribution in [2.45, 2.75) is 0 Å². The van der Waals surface area contributed by atoms with Gasteiger partial charge in [-0.15, -0.1) is 0 Å². The maximum atomic E-state index is 4.66. The highest BCUT2D eigenvalue weighted by atomic mass is 15.2. The molecule has 0 atom stereocenters. The van der Waals surface area contributed by atoms with E-state index in [0.717, 1.165) is 33.9 Å². The summed E-state index contributed by atoms with van der Waals surface area (Å²) >= 11 is 0. The van der Waals surface area contributed by atoms with Gasteiger partial charge in [-0.1, -0.05) is 30.3 Å². The third kappa shape index (κ3) is 2.77. The molecule has 26 heavy (non-hydrogen) atoms. The molecule has 0 fully saturated rings. The predicted octanol–water partition coefficient (Wildman–Crippen LogP) is 4.20. The number of imidazole rings is 1. The summed E-state index contributed by atoms with van der Waals surface area (Å²) < 4.78 is 2.12. The molecule has 1 N–H and O–H groups in total. The van der Waals surface area contributed by atoms with Crippen molar-refractivity contribution in [3.8, 4) is 16.9 Å². The highest BCUT2D eigenvalue weighted by Gasteiger charge is 2.13. The third-order valence-corrected chi connectivity index (χ3v) is 4.46. The predicted molar refractivity (Wildman–Crippen MR) is 108 cm³/mol. The van der Waals surface area contributed by atoms with Crippen molar-refractivity contribution in [1.82, 2.24) is 14.5 Å². The molecular formula is C21H21N5. The van der Waals surface area contributed by atoms with Crippen molar-refractivity contribution in [1.29, 1.82) is 0 Å². The van der Waals surface area contributed by atoms with E-state index in [1.165, 1.54) is 5.69 Å². The van der Waals surface area contributed by atoms with E-state index in [1.807, 2.05) is 45.5 Å². The van der Waals surface area contributed by atoms with E-state index in [1.54, 1.807) is 0 Å². The van der Waals surface area contributed by atoms with Gasteiger partial charge in [-0.05, 0) is 30.3 Å². The zero-order chi connectivity index (χ0) is 18.1. The lowest BCUT2D eigenvalue weighted by Crippen LogP contribution is -2.07. The summed E-state index contributed by atoms with van der Waals surface area (Å²) in [6.07, 6.45) is 1.84. The Bertz CT molecular complexity index is 1030. The average molecular weight is 343 g/mol. The highest BCUT2D eigenvalue weighted by Crippen LogP contribution is 2.28. The van der Waals surface area contributed by atoms with Crippen LogP contribution in [0.2, 0.25) is 0 Å². The van der Waals surface area contributed by atoms with Crippen LogP contribution >= 0.6 is 0 Å². The number of pyridine rings is 1. The van der Waals surface area contributed by atoms with Gasteiger partial charge < -0.3 is 10.2 Å². The largest absolute Gasteiger partial charge is 0.378 e. The van der Waals surface area contributed by atoms with Crippen LogP contribution in [0.5, 0.6) is 0 Å². The molecule has 5 nitrogen and oxygen atoms in total. The van der Waals surface area contributed by atoms with Gasteiger partial charge in [0.2, 0.25) is 5.95 Å². The molecule has 0 amide bonds. The summed E-state index contributed by atoms with van der Waals surface area (Å²) in [5, 5.41) is 3.18. The summed E-state index contributed by atoms with van der Waals surface area (Å²) in [6.45, 7) is 0. The van der Waals surface area contributed by atoms with Crippen LogP contribution in [-0.4, -0.2) is 35.7 Å². The number of para-hydroxylation sites is 1. The number of nitrogens with zero attached hydrogens (tertiary/aromatic N) is 4. The second kappa shape index (κ2) is 6.52. The summed E-state index contributed by atoms with van der Waals surface area (Å²) in [6, 6.07) is 20.7. The molecule has 0 spiro atoms. The van der Waals surface area contributed by atoms with Crippen molar-refractivity contribution < 1.29 is 0 Å². The van der Waals surface area contributed by atoms with Gasteiger partial charge in [0.1, 0.15) is 5.52 Å². The van der Waals surface area contributed by atoms with Crippen molar-refractivity contribution in [3.63, 3.8) is 0 Å². The molecule has 2 aromatic heterocycles. The Morgan fingerprint density at radius 2 is 1.69 bits per heavy atom. The first-order valence-corrected chi connectivity index (χ1v) is 8.57. The molecule has 0 radical (unpaired) electrons. The van der Waals surface area contributed by atoms with E-state index in [4.69, 9.17) is 0 Å². The van der Waals surface area contributed by atoms with E-state index < -0.39 is 0 Å². The number of benzene rings is 2. The molecule has 2 aromatic carbocycles. The van der Waals surface area contributed by atoms with Crippen LogP contribution in [0.25, 0.3) is 28.0 Å². The maximum absolute atomic E-state index is 4.66. The van der Waals surface area contributed by atoms with Crippen molar-refractivity contribution in [2.75, 3.05) is 31.4 Å². The van der Waals surface area contributed by atoms with Gasteiger partial charge in [-0.25, -0.2) is 4.98 Å². The zero-order valence-electron chi connectivity index (χ0n) is 15.1. The summed E-state index contributed by atoms with van der Waals surface area (Å²) in [7, 11) is 5.96. The van der Waals surface area contributed by atoms with Crippen molar-refractivity contribution in [3.05, 3.63) is 66.9 Å². The summed E-state index contributed by atoms with van der Waals surface area (Å²) in [5.41, 5.74) is 6.15. The molecule has 0 saturated carbocycles. The number of fused-ring (bicyclic) bond motifs is 1. The van der Waals surface area contributed by atoms with Gasteiger partial charge >= 0.3 is 0 Å². The summed E-state index contributed by atoms with van der Waals surface area (Å²) in [4.78, 5) is 11.4. The molecule has 0 aliphatic carbocycles. The van der Waals surface area contributed by atoms with E-state index in [2.05, 4.69) is 67.2 Å². The number of rotatable bonds is 4. The Morgan fingerprint density at radius 3 is 2.35 bits per heavy atom. The van der Waals surface area contributed by atoms with E-state index in [-0.39, 0.29) is 0 Å². The molecule has 4 rings (SSSR count). The fourth-order valence-electron chi connectivity index (χ4n) is 3.08. The minimum absolute atomic E-state index is 0.799. The molecule has 0 saturated heterocycles. The zero-order valence-corrected chi connectivity index (χ0v) is 15.1. The molecule has 130 valence electrons. The van der Waals surface area contributed by atoms with E-state index in [0.29, 0.717) is 0 Å². The number of aromatic nitrogens is 3. The second-order valence-electron chi connectivity index (χ2n) is 6.36. The minimum atomic E-state index is 0.799. The van der Waals surface area contributed by atoms with Gasteiger partial charge in [0, 0.05) is 38.1 Å².